The van der Waals surface area contributed by atoms with E-state index < -0.39 is 0 Å². The van der Waals surface area contributed by atoms with Gasteiger partial charge < -0.3 is 0 Å². The van der Waals surface area contributed by atoms with Gasteiger partial charge in [-0.15, -0.1) is 10.2 Å². The molecule has 2 heterocycles. The molecule has 1 fully saturated rings. The summed E-state index contributed by atoms with van der Waals surface area (Å²) in [5, 5.41) is 8.24. The van der Waals surface area contributed by atoms with E-state index in [0.29, 0.717) is 11.5 Å². The molecule has 0 unspecified atom stereocenters. The molecule has 1 aliphatic rings. The first kappa shape index (κ1) is 8.59. The second-order valence-corrected chi connectivity index (χ2v) is 4.03. The van der Waals surface area contributed by atoms with E-state index in [9.17, 15) is 4.79 Å². The predicted molar refractivity (Wildman–Crippen MR) is 55.0 cm³/mol. The highest BCUT2D eigenvalue weighted by Gasteiger charge is 2.28. The lowest BCUT2D eigenvalue weighted by atomic mass is 10.2. The Labute approximate surface area is 86.9 Å². The van der Waals surface area contributed by atoms with Crippen LogP contribution in [-0.4, -0.2) is 20.4 Å². The Morgan fingerprint density at radius 1 is 1.47 bits per heavy atom. The fraction of sp³-hybridized carbons (Fsp3) is 0.364. The summed E-state index contributed by atoms with van der Waals surface area (Å²) in [6.45, 7) is 1.56. The maximum absolute atomic E-state index is 11.2. The Morgan fingerprint density at radius 2 is 2.27 bits per heavy atom. The van der Waals surface area contributed by atoms with Crippen LogP contribution in [0.25, 0.3) is 5.65 Å². The maximum atomic E-state index is 11.2. The minimum atomic E-state index is 0.0634. The first-order valence-electron chi connectivity index (χ1n) is 5.11. The van der Waals surface area contributed by atoms with Crippen LogP contribution in [0.3, 0.4) is 0 Å². The van der Waals surface area contributed by atoms with Gasteiger partial charge in [-0.05, 0) is 31.9 Å². The van der Waals surface area contributed by atoms with E-state index in [1.807, 2.05) is 16.7 Å². The van der Waals surface area contributed by atoms with Crippen molar-refractivity contribution in [2.45, 2.75) is 25.7 Å². The molecule has 0 amide bonds. The number of carbonyl (C=O) groups is 1. The topological polar surface area (TPSA) is 47.3 Å². The van der Waals surface area contributed by atoms with Crippen LogP contribution in [0.5, 0.6) is 0 Å². The number of fused-ring (bicyclic) bond motifs is 1. The molecule has 0 saturated heterocycles. The molecule has 0 N–H and O–H groups in total. The van der Waals surface area contributed by atoms with Crippen molar-refractivity contribution in [1.29, 1.82) is 0 Å². The molecule has 1 aliphatic carbocycles. The summed E-state index contributed by atoms with van der Waals surface area (Å²) in [5.74, 6) is 1.66. The zero-order valence-corrected chi connectivity index (χ0v) is 8.47. The van der Waals surface area contributed by atoms with Gasteiger partial charge >= 0.3 is 0 Å². The van der Waals surface area contributed by atoms with Crippen LogP contribution in [0.4, 0.5) is 0 Å². The Kier molecular flexibility index (Phi) is 1.65. The normalized spacial score (nSPS) is 15.8. The van der Waals surface area contributed by atoms with Crippen LogP contribution in [-0.2, 0) is 0 Å². The third-order valence-corrected chi connectivity index (χ3v) is 2.79. The van der Waals surface area contributed by atoms with E-state index in [2.05, 4.69) is 10.2 Å². The molecule has 0 spiro atoms. The Bertz CT molecular complexity index is 540. The van der Waals surface area contributed by atoms with E-state index in [0.717, 1.165) is 11.5 Å². The van der Waals surface area contributed by atoms with Gasteiger partial charge in [0, 0.05) is 17.7 Å². The zero-order chi connectivity index (χ0) is 10.4. The fourth-order valence-electron chi connectivity index (χ4n) is 1.75. The summed E-state index contributed by atoms with van der Waals surface area (Å²) in [6.07, 6.45) is 4.30. The lowest BCUT2D eigenvalue weighted by molar-refractivity contribution is 0.101. The third kappa shape index (κ3) is 1.33. The number of rotatable bonds is 2. The average molecular weight is 201 g/mol. The van der Waals surface area contributed by atoms with Crippen molar-refractivity contribution < 1.29 is 4.79 Å². The number of nitrogens with zero attached hydrogens (tertiary/aromatic N) is 3. The fourth-order valence-corrected chi connectivity index (χ4v) is 1.75. The number of hydrogen-bond donors (Lipinski definition) is 0. The molecule has 76 valence electrons. The number of aromatic nitrogens is 3. The SMILES string of the molecule is CC(=O)c1ccn2c(C3CC3)nnc2c1. The average Bonchev–Trinajstić information content (AvgIpc) is 2.98. The predicted octanol–water partition coefficient (Wildman–Crippen LogP) is 1.81. The van der Waals surface area contributed by atoms with Gasteiger partial charge in [0.2, 0.25) is 0 Å². The first-order chi connectivity index (χ1) is 7.25. The number of carbonyl (C=O) groups excluding carboxylic acids is 1. The molecule has 4 heteroatoms. The van der Waals surface area contributed by atoms with Crippen LogP contribution in [0.2, 0.25) is 0 Å². The molecule has 0 atom stereocenters. The van der Waals surface area contributed by atoms with Crippen molar-refractivity contribution in [3.63, 3.8) is 0 Å². The summed E-state index contributed by atoms with van der Waals surface area (Å²) in [7, 11) is 0. The molecule has 4 nitrogen and oxygen atoms in total. The second kappa shape index (κ2) is 2.89. The van der Waals surface area contributed by atoms with Gasteiger partial charge in [-0.2, -0.15) is 0 Å². The maximum Gasteiger partial charge on any atom is 0.161 e. The molecule has 15 heavy (non-hydrogen) atoms. The molecule has 0 radical (unpaired) electrons. The summed E-state index contributed by atoms with van der Waals surface area (Å²) in [5.41, 5.74) is 1.46. The Morgan fingerprint density at radius 3 is 2.93 bits per heavy atom. The van der Waals surface area contributed by atoms with Gasteiger partial charge in [0.25, 0.3) is 0 Å². The molecule has 1 saturated carbocycles. The van der Waals surface area contributed by atoms with Crippen molar-refractivity contribution in [1.82, 2.24) is 14.6 Å². The molecular weight excluding hydrogens is 190 g/mol. The lowest BCUT2D eigenvalue weighted by Gasteiger charge is -1.98. The molecule has 0 aliphatic heterocycles. The quantitative estimate of drug-likeness (QED) is 0.696. The van der Waals surface area contributed by atoms with E-state index in [-0.39, 0.29) is 5.78 Å². The van der Waals surface area contributed by atoms with Crippen LogP contribution in [0.15, 0.2) is 18.3 Å². The van der Waals surface area contributed by atoms with Gasteiger partial charge in [-0.3, -0.25) is 9.20 Å². The number of pyridine rings is 1. The Balaban J connectivity index is 2.17. The first-order valence-corrected chi connectivity index (χ1v) is 5.11. The minimum Gasteiger partial charge on any atom is -0.295 e. The van der Waals surface area contributed by atoms with E-state index in [4.69, 9.17) is 0 Å². The van der Waals surface area contributed by atoms with E-state index in [1.54, 1.807) is 13.0 Å². The van der Waals surface area contributed by atoms with Gasteiger partial charge in [0.1, 0.15) is 5.82 Å². The van der Waals surface area contributed by atoms with Gasteiger partial charge in [-0.25, -0.2) is 0 Å². The Hall–Kier alpha value is -1.71. The third-order valence-electron chi connectivity index (χ3n) is 2.79. The number of hydrogen-bond acceptors (Lipinski definition) is 3. The summed E-state index contributed by atoms with van der Waals surface area (Å²) in [6, 6.07) is 3.62. The number of Topliss-reactive ketones (excluding diaryl/α,β-unsaturated/α-hetero) is 1. The molecule has 3 rings (SSSR count). The molecule has 2 aromatic rings. The van der Waals surface area contributed by atoms with Crippen LogP contribution in [0.1, 0.15) is 41.9 Å². The van der Waals surface area contributed by atoms with Crippen molar-refractivity contribution in [2.24, 2.45) is 0 Å². The largest absolute Gasteiger partial charge is 0.295 e. The van der Waals surface area contributed by atoms with Gasteiger partial charge in [0.05, 0.1) is 0 Å². The highest BCUT2D eigenvalue weighted by molar-refractivity contribution is 5.94. The van der Waals surface area contributed by atoms with Gasteiger partial charge in [0.15, 0.2) is 11.4 Å². The monoisotopic (exact) mass is 201 g/mol. The van der Waals surface area contributed by atoms with Crippen molar-refractivity contribution in [3.05, 3.63) is 29.7 Å². The number of ketones is 1. The van der Waals surface area contributed by atoms with Crippen molar-refractivity contribution >= 4 is 11.4 Å². The van der Waals surface area contributed by atoms with Crippen LogP contribution < -0.4 is 0 Å². The lowest BCUT2D eigenvalue weighted by Crippen LogP contribution is -1.96. The minimum absolute atomic E-state index is 0.0634. The zero-order valence-electron chi connectivity index (χ0n) is 8.47. The van der Waals surface area contributed by atoms with Crippen LogP contribution >= 0.6 is 0 Å². The molecular formula is C11H11N3O. The van der Waals surface area contributed by atoms with Crippen molar-refractivity contribution in [2.75, 3.05) is 0 Å². The molecule has 0 aromatic carbocycles. The van der Waals surface area contributed by atoms with Crippen molar-refractivity contribution in [3.8, 4) is 0 Å². The highest BCUT2D eigenvalue weighted by atomic mass is 16.1. The summed E-state index contributed by atoms with van der Waals surface area (Å²) >= 11 is 0. The highest BCUT2D eigenvalue weighted by Crippen LogP contribution is 2.38. The van der Waals surface area contributed by atoms with E-state index in [1.165, 1.54) is 12.8 Å². The van der Waals surface area contributed by atoms with E-state index >= 15 is 0 Å². The summed E-state index contributed by atoms with van der Waals surface area (Å²) in [4.78, 5) is 11.2. The standard InChI is InChI=1S/C11H11N3O/c1-7(15)9-4-5-14-10(6-9)12-13-11(14)8-2-3-8/h4-6,8H,2-3H2,1H3. The second-order valence-electron chi connectivity index (χ2n) is 4.03. The smallest absolute Gasteiger partial charge is 0.161 e. The van der Waals surface area contributed by atoms with Crippen LogP contribution in [0, 0.1) is 0 Å². The van der Waals surface area contributed by atoms with Gasteiger partial charge in [-0.1, -0.05) is 0 Å². The summed E-state index contributed by atoms with van der Waals surface area (Å²) < 4.78 is 1.98. The molecule has 2 aromatic heterocycles. The molecule has 0 bridgehead atoms.